The molecular weight excluding hydrogens is 144 g/mol. The molecule has 4 nitrogen and oxygen atoms in total. The number of carbonyl (C=O) groups is 1. The standard InChI is InChI=1S/C7H12N2O2/c1-2-3-8-7(10)6-4-9(11)5-6/h2,6,11H,1,3-5H2,(H,8,10). The zero-order valence-electron chi connectivity index (χ0n) is 6.29. The molecule has 0 saturated carbocycles. The molecule has 0 aliphatic carbocycles. The molecule has 2 N–H and O–H groups in total. The normalized spacial score (nSPS) is 19.0. The van der Waals surface area contributed by atoms with Crippen molar-refractivity contribution in [2.45, 2.75) is 0 Å². The maximum absolute atomic E-state index is 11.0. The monoisotopic (exact) mass is 156 g/mol. The second-order valence-electron chi connectivity index (χ2n) is 2.60. The SMILES string of the molecule is C=CCNC(=O)C1CN(O)C1. The Morgan fingerprint density at radius 3 is 2.91 bits per heavy atom. The lowest BCUT2D eigenvalue weighted by Gasteiger charge is -2.32. The fraction of sp³-hybridized carbons (Fsp3) is 0.571. The van der Waals surface area contributed by atoms with E-state index in [1.807, 2.05) is 0 Å². The average molecular weight is 156 g/mol. The summed E-state index contributed by atoms with van der Waals surface area (Å²) < 4.78 is 0. The molecule has 0 aromatic heterocycles. The predicted molar refractivity (Wildman–Crippen MR) is 40.1 cm³/mol. The van der Waals surface area contributed by atoms with Gasteiger partial charge in [-0.25, -0.2) is 0 Å². The van der Waals surface area contributed by atoms with Crippen LogP contribution < -0.4 is 5.32 Å². The number of amides is 1. The molecule has 0 aromatic rings. The maximum Gasteiger partial charge on any atom is 0.226 e. The number of hydrogen-bond acceptors (Lipinski definition) is 3. The molecule has 0 radical (unpaired) electrons. The molecule has 1 saturated heterocycles. The first-order valence-corrected chi connectivity index (χ1v) is 3.56. The average Bonchev–Trinajstić information content (AvgIpc) is 1.94. The lowest BCUT2D eigenvalue weighted by atomic mass is 10.0. The van der Waals surface area contributed by atoms with E-state index in [0.29, 0.717) is 19.6 Å². The van der Waals surface area contributed by atoms with E-state index in [1.165, 1.54) is 0 Å². The molecule has 1 aliphatic heterocycles. The predicted octanol–water partition coefficient (Wildman–Crippen LogP) is -0.390. The van der Waals surface area contributed by atoms with E-state index in [1.54, 1.807) is 6.08 Å². The quantitative estimate of drug-likeness (QED) is 0.547. The maximum atomic E-state index is 11.0. The molecule has 0 spiro atoms. The molecule has 11 heavy (non-hydrogen) atoms. The zero-order valence-corrected chi connectivity index (χ0v) is 6.29. The van der Waals surface area contributed by atoms with E-state index in [-0.39, 0.29) is 11.8 Å². The largest absolute Gasteiger partial charge is 0.352 e. The Kier molecular flexibility index (Phi) is 2.62. The van der Waals surface area contributed by atoms with Crippen molar-refractivity contribution in [3.05, 3.63) is 12.7 Å². The molecule has 1 rings (SSSR count). The van der Waals surface area contributed by atoms with Gasteiger partial charge in [-0.15, -0.1) is 6.58 Å². The van der Waals surface area contributed by atoms with Crippen molar-refractivity contribution in [3.8, 4) is 0 Å². The van der Waals surface area contributed by atoms with Gasteiger partial charge >= 0.3 is 0 Å². The van der Waals surface area contributed by atoms with Gasteiger partial charge in [0, 0.05) is 19.6 Å². The van der Waals surface area contributed by atoms with Crippen LogP contribution in [0.2, 0.25) is 0 Å². The first-order chi connectivity index (χ1) is 5.24. The van der Waals surface area contributed by atoms with Crippen molar-refractivity contribution in [1.29, 1.82) is 0 Å². The Hall–Kier alpha value is -0.870. The molecule has 1 aliphatic rings. The highest BCUT2D eigenvalue weighted by molar-refractivity contribution is 5.80. The molecule has 1 heterocycles. The van der Waals surface area contributed by atoms with E-state index in [9.17, 15) is 4.79 Å². The van der Waals surface area contributed by atoms with Crippen LogP contribution in [0, 0.1) is 5.92 Å². The third-order valence-electron chi connectivity index (χ3n) is 1.65. The first kappa shape index (κ1) is 8.23. The summed E-state index contributed by atoms with van der Waals surface area (Å²) in [6.07, 6.45) is 1.63. The first-order valence-electron chi connectivity index (χ1n) is 3.56. The smallest absolute Gasteiger partial charge is 0.226 e. The summed E-state index contributed by atoms with van der Waals surface area (Å²) in [6, 6.07) is 0. The van der Waals surface area contributed by atoms with Gasteiger partial charge in [0.25, 0.3) is 0 Å². The third kappa shape index (κ3) is 2.03. The van der Waals surface area contributed by atoms with Gasteiger partial charge in [0.2, 0.25) is 5.91 Å². The molecule has 1 amide bonds. The lowest BCUT2D eigenvalue weighted by molar-refractivity contribution is -0.177. The minimum atomic E-state index is -0.0417. The number of rotatable bonds is 3. The van der Waals surface area contributed by atoms with E-state index < -0.39 is 0 Å². The van der Waals surface area contributed by atoms with Gasteiger partial charge < -0.3 is 10.5 Å². The fourth-order valence-electron chi connectivity index (χ4n) is 0.938. The van der Waals surface area contributed by atoms with Crippen LogP contribution in [0.15, 0.2) is 12.7 Å². The molecule has 1 fully saturated rings. The van der Waals surface area contributed by atoms with Crippen molar-refractivity contribution in [3.63, 3.8) is 0 Å². The Bertz CT molecular complexity index is 164. The lowest BCUT2D eigenvalue weighted by Crippen LogP contribution is -2.51. The minimum absolute atomic E-state index is 0.00444. The zero-order chi connectivity index (χ0) is 8.27. The summed E-state index contributed by atoms with van der Waals surface area (Å²) in [4.78, 5) is 11.0. The van der Waals surface area contributed by atoms with Crippen LogP contribution in [-0.4, -0.2) is 35.8 Å². The van der Waals surface area contributed by atoms with Crippen LogP contribution in [0.1, 0.15) is 0 Å². The number of carbonyl (C=O) groups excluding carboxylic acids is 1. The molecule has 4 heteroatoms. The molecule has 0 unspecified atom stereocenters. The van der Waals surface area contributed by atoms with Crippen LogP contribution in [0.4, 0.5) is 0 Å². The van der Waals surface area contributed by atoms with Crippen molar-refractivity contribution in [2.75, 3.05) is 19.6 Å². The Balaban J connectivity index is 2.16. The van der Waals surface area contributed by atoms with Crippen LogP contribution in [0.5, 0.6) is 0 Å². The van der Waals surface area contributed by atoms with Gasteiger partial charge in [-0.1, -0.05) is 6.08 Å². The van der Waals surface area contributed by atoms with Gasteiger partial charge in [0.05, 0.1) is 5.92 Å². The van der Waals surface area contributed by atoms with Crippen LogP contribution in [-0.2, 0) is 4.79 Å². The van der Waals surface area contributed by atoms with E-state index >= 15 is 0 Å². The topological polar surface area (TPSA) is 52.6 Å². The minimum Gasteiger partial charge on any atom is -0.352 e. The van der Waals surface area contributed by atoms with Crippen LogP contribution >= 0.6 is 0 Å². The Labute approximate surface area is 65.5 Å². The molecular formula is C7H12N2O2. The second kappa shape index (κ2) is 3.50. The number of nitrogens with zero attached hydrogens (tertiary/aromatic N) is 1. The van der Waals surface area contributed by atoms with E-state index in [0.717, 1.165) is 5.06 Å². The van der Waals surface area contributed by atoms with Gasteiger partial charge in [-0.3, -0.25) is 4.79 Å². The molecule has 0 atom stereocenters. The van der Waals surface area contributed by atoms with E-state index in [2.05, 4.69) is 11.9 Å². The summed E-state index contributed by atoms with van der Waals surface area (Å²) >= 11 is 0. The number of nitrogens with one attached hydrogen (secondary N) is 1. The van der Waals surface area contributed by atoms with Gasteiger partial charge in [0.1, 0.15) is 0 Å². The van der Waals surface area contributed by atoms with Crippen molar-refractivity contribution < 1.29 is 10.0 Å². The summed E-state index contributed by atoms with van der Waals surface area (Å²) in [5, 5.41) is 12.5. The highest BCUT2D eigenvalue weighted by atomic mass is 16.5. The van der Waals surface area contributed by atoms with Crippen molar-refractivity contribution >= 4 is 5.91 Å². The van der Waals surface area contributed by atoms with Gasteiger partial charge in [0.15, 0.2) is 0 Å². The van der Waals surface area contributed by atoms with E-state index in [4.69, 9.17) is 5.21 Å². The molecule has 0 bridgehead atoms. The highest BCUT2D eigenvalue weighted by Crippen LogP contribution is 2.11. The summed E-state index contributed by atoms with van der Waals surface area (Å²) in [7, 11) is 0. The summed E-state index contributed by atoms with van der Waals surface area (Å²) in [5.74, 6) is -0.0462. The third-order valence-corrected chi connectivity index (χ3v) is 1.65. The Morgan fingerprint density at radius 2 is 2.45 bits per heavy atom. The van der Waals surface area contributed by atoms with Gasteiger partial charge in [-0.05, 0) is 0 Å². The van der Waals surface area contributed by atoms with Crippen LogP contribution in [0.3, 0.4) is 0 Å². The summed E-state index contributed by atoms with van der Waals surface area (Å²) in [6.45, 7) is 4.87. The number of hydroxylamine groups is 2. The van der Waals surface area contributed by atoms with Crippen molar-refractivity contribution in [1.82, 2.24) is 10.4 Å². The highest BCUT2D eigenvalue weighted by Gasteiger charge is 2.30. The van der Waals surface area contributed by atoms with Gasteiger partial charge in [-0.2, -0.15) is 5.06 Å². The fourth-order valence-corrected chi connectivity index (χ4v) is 0.938. The summed E-state index contributed by atoms with van der Waals surface area (Å²) in [5.41, 5.74) is 0. The van der Waals surface area contributed by atoms with Crippen LogP contribution in [0.25, 0.3) is 0 Å². The molecule has 62 valence electrons. The Morgan fingerprint density at radius 1 is 1.82 bits per heavy atom. The van der Waals surface area contributed by atoms with Crippen molar-refractivity contribution in [2.24, 2.45) is 5.92 Å². The molecule has 0 aromatic carbocycles. The second-order valence-corrected chi connectivity index (χ2v) is 2.60. The number of hydrogen-bond donors (Lipinski definition) is 2.